The molecule has 21 heavy (non-hydrogen) atoms. The molecule has 116 valence electrons. The number of benzene rings is 1. The molecule has 0 radical (unpaired) electrons. The van der Waals surface area contributed by atoms with Crippen LogP contribution in [0.1, 0.15) is 38.7 Å². The van der Waals surface area contributed by atoms with Crippen LogP contribution in [0.4, 0.5) is 0 Å². The van der Waals surface area contributed by atoms with E-state index in [9.17, 15) is 4.79 Å². The van der Waals surface area contributed by atoms with E-state index in [4.69, 9.17) is 10.5 Å². The minimum atomic E-state index is -0.385. The largest absolute Gasteiger partial charge is 0.497 e. The van der Waals surface area contributed by atoms with Gasteiger partial charge in [-0.25, -0.2) is 0 Å². The molecule has 0 unspecified atom stereocenters. The second-order valence-corrected chi connectivity index (χ2v) is 6.28. The standard InChI is InChI=1S/C17H26N2O2/c1-12(2)10-16(18)17(20)19(14-6-7-14)11-13-4-8-15(21-3)9-5-13/h4-5,8-9,12,14,16H,6-7,10-11,18H2,1-3H3/t16-/m0/s1. The molecule has 1 aromatic rings. The van der Waals surface area contributed by atoms with Crippen molar-refractivity contribution in [2.45, 2.75) is 51.7 Å². The lowest BCUT2D eigenvalue weighted by molar-refractivity contribution is -0.134. The number of hydrogen-bond donors (Lipinski definition) is 1. The van der Waals surface area contributed by atoms with Gasteiger partial charge in [-0.15, -0.1) is 0 Å². The zero-order chi connectivity index (χ0) is 15.4. The Bertz CT molecular complexity index is 466. The average Bonchev–Trinajstić information content (AvgIpc) is 3.28. The van der Waals surface area contributed by atoms with Gasteiger partial charge in [-0.3, -0.25) is 4.79 Å². The highest BCUT2D eigenvalue weighted by atomic mass is 16.5. The second-order valence-electron chi connectivity index (χ2n) is 6.28. The van der Waals surface area contributed by atoms with Crippen molar-refractivity contribution in [2.75, 3.05) is 7.11 Å². The first kappa shape index (κ1) is 15.8. The smallest absolute Gasteiger partial charge is 0.240 e. The summed E-state index contributed by atoms with van der Waals surface area (Å²) in [4.78, 5) is 14.5. The Morgan fingerprint density at radius 3 is 2.43 bits per heavy atom. The van der Waals surface area contributed by atoms with Crippen LogP contribution in [0.25, 0.3) is 0 Å². The van der Waals surface area contributed by atoms with E-state index >= 15 is 0 Å². The molecular formula is C17H26N2O2. The Hall–Kier alpha value is -1.55. The van der Waals surface area contributed by atoms with Crippen molar-refractivity contribution in [3.63, 3.8) is 0 Å². The van der Waals surface area contributed by atoms with Crippen molar-refractivity contribution in [1.29, 1.82) is 0 Å². The van der Waals surface area contributed by atoms with Crippen molar-refractivity contribution >= 4 is 5.91 Å². The van der Waals surface area contributed by atoms with Crippen molar-refractivity contribution in [3.8, 4) is 5.75 Å². The Kier molecular flexibility index (Phi) is 5.23. The summed E-state index contributed by atoms with van der Waals surface area (Å²) in [6, 6.07) is 7.87. The normalized spacial score (nSPS) is 15.9. The van der Waals surface area contributed by atoms with Crippen LogP contribution in [0.2, 0.25) is 0 Å². The Morgan fingerprint density at radius 2 is 1.95 bits per heavy atom. The third-order valence-electron chi connectivity index (χ3n) is 3.83. The summed E-state index contributed by atoms with van der Waals surface area (Å²) in [5.41, 5.74) is 7.19. The number of ether oxygens (including phenoxy) is 1. The quantitative estimate of drug-likeness (QED) is 0.839. The first-order chi connectivity index (χ1) is 10.0. The van der Waals surface area contributed by atoms with Gasteiger partial charge < -0.3 is 15.4 Å². The van der Waals surface area contributed by atoms with E-state index in [2.05, 4.69) is 13.8 Å². The zero-order valence-corrected chi connectivity index (χ0v) is 13.2. The lowest BCUT2D eigenvalue weighted by Crippen LogP contribution is -2.45. The molecule has 0 spiro atoms. The molecule has 0 bridgehead atoms. The summed E-state index contributed by atoms with van der Waals surface area (Å²) in [7, 11) is 1.65. The molecule has 1 atom stereocenters. The molecule has 4 nitrogen and oxygen atoms in total. The molecule has 0 saturated heterocycles. The number of carbonyl (C=O) groups is 1. The van der Waals surface area contributed by atoms with Crippen LogP contribution in [0.15, 0.2) is 24.3 Å². The number of rotatable bonds is 7. The van der Waals surface area contributed by atoms with Gasteiger partial charge in [-0.05, 0) is 42.9 Å². The number of hydrogen-bond acceptors (Lipinski definition) is 3. The average molecular weight is 290 g/mol. The predicted octanol–water partition coefficient (Wildman–Crippen LogP) is 2.56. The van der Waals surface area contributed by atoms with Crippen LogP contribution in [-0.2, 0) is 11.3 Å². The van der Waals surface area contributed by atoms with E-state index in [0.717, 1.165) is 30.6 Å². The van der Waals surface area contributed by atoms with Crippen molar-refractivity contribution in [2.24, 2.45) is 11.7 Å². The first-order valence-corrected chi connectivity index (χ1v) is 7.70. The van der Waals surface area contributed by atoms with E-state index in [1.54, 1.807) is 7.11 Å². The van der Waals surface area contributed by atoms with Gasteiger partial charge in [0.1, 0.15) is 5.75 Å². The highest BCUT2D eigenvalue weighted by molar-refractivity contribution is 5.82. The lowest BCUT2D eigenvalue weighted by atomic mass is 10.0. The van der Waals surface area contributed by atoms with Gasteiger partial charge in [0.05, 0.1) is 13.2 Å². The summed E-state index contributed by atoms with van der Waals surface area (Å²) in [6.07, 6.45) is 2.93. The topological polar surface area (TPSA) is 55.6 Å². The zero-order valence-electron chi connectivity index (χ0n) is 13.2. The predicted molar refractivity (Wildman–Crippen MR) is 84.0 cm³/mol. The summed E-state index contributed by atoms with van der Waals surface area (Å²) in [5.74, 6) is 1.35. The molecule has 1 aliphatic rings. The minimum Gasteiger partial charge on any atom is -0.497 e. The fourth-order valence-electron chi connectivity index (χ4n) is 2.52. The van der Waals surface area contributed by atoms with Crippen LogP contribution in [0.5, 0.6) is 5.75 Å². The molecule has 0 aromatic heterocycles. The SMILES string of the molecule is COc1ccc(CN(C(=O)[C@@H](N)CC(C)C)C2CC2)cc1. The Labute approximate surface area is 127 Å². The molecule has 0 aliphatic heterocycles. The molecule has 0 heterocycles. The highest BCUT2D eigenvalue weighted by Gasteiger charge is 2.34. The molecule has 1 saturated carbocycles. The molecule has 1 aromatic carbocycles. The van der Waals surface area contributed by atoms with Crippen LogP contribution in [0.3, 0.4) is 0 Å². The number of carbonyl (C=O) groups excluding carboxylic acids is 1. The third kappa shape index (κ3) is 4.46. The van der Waals surface area contributed by atoms with Gasteiger partial charge in [-0.2, -0.15) is 0 Å². The number of nitrogens with two attached hydrogens (primary N) is 1. The van der Waals surface area contributed by atoms with Crippen molar-refractivity contribution in [3.05, 3.63) is 29.8 Å². The third-order valence-corrected chi connectivity index (χ3v) is 3.83. The fourth-order valence-corrected chi connectivity index (χ4v) is 2.52. The summed E-state index contributed by atoms with van der Waals surface area (Å²) < 4.78 is 5.16. The maximum atomic E-state index is 12.6. The first-order valence-electron chi connectivity index (χ1n) is 7.70. The van der Waals surface area contributed by atoms with Gasteiger partial charge in [0.25, 0.3) is 0 Å². The van der Waals surface area contributed by atoms with E-state index < -0.39 is 0 Å². The molecular weight excluding hydrogens is 264 g/mol. The van der Waals surface area contributed by atoms with Crippen molar-refractivity contribution in [1.82, 2.24) is 4.90 Å². The molecule has 4 heteroatoms. The van der Waals surface area contributed by atoms with Crippen LogP contribution < -0.4 is 10.5 Å². The van der Waals surface area contributed by atoms with E-state index in [1.165, 1.54) is 0 Å². The van der Waals surface area contributed by atoms with Gasteiger partial charge in [0.2, 0.25) is 5.91 Å². The van der Waals surface area contributed by atoms with Gasteiger partial charge in [0.15, 0.2) is 0 Å². The Morgan fingerprint density at radius 1 is 1.33 bits per heavy atom. The summed E-state index contributed by atoms with van der Waals surface area (Å²) in [5, 5.41) is 0. The fraction of sp³-hybridized carbons (Fsp3) is 0.588. The monoisotopic (exact) mass is 290 g/mol. The van der Waals surface area contributed by atoms with Gasteiger partial charge >= 0.3 is 0 Å². The number of nitrogens with zero attached hydrogens (tertiary/aromatic N) is 1. The maximum absolute atomic E-state index is 12.6. The number of amides is 1. The minimum absolute atomic E-state index is 0.0852. The van der Waals surface area contributed by atoms with Gasteiger partial charge in [-0.1, -0.05) is 26.0 Å². The van der Waals surface area contributed by atoms with Crippen LogP contribution >= 0.6 is 0 Å². The second kappa shape index (κ2) is 6.94. The van der Waals surface area contributed by atoms with Crippen LogP contribution in [0, 0.1) is 5.92 Å². The lowest BCUT2D eigenvalue weighted by Gasteiger charge is -2.26. The molecule has 1 fully saturated rings. The van der Waals surface area contributed by atoms with E-state index in [-0.39, 0.29) is 11.9 Å². The molecule has 1 aliphatic carbocycles. The van der Waals surface area contributed by atoms with E-state index in [1.807, 2.05) is 29.2 Å². The highest BCUT2D eigenvalue weighted by Crippen LogP contribution is 2.29. The summed E-state index contributed by atoms with van der Waals surface area (Å²) >= 11 is 0. The number of methoxy groups -OCH3 is 1. The molecule has 2 N–H and O–H groups in total. The van der Waals surface area contributed by atoms with Crippen molar-refractivity contribution < 1.29 is 9.53 Å². The van der Waals surface area contributed by atoms with Gasteiger partial charge in [0, 0.05) is 12.6 Å². The molecule has 2 rings (SSSR count). The maximum Gasteiger partial charge on any atom is 0.240 e. The summed E-state index contributed by atoms with van der Waals surface area (Å²) in [6.45, 7) is 4.83. The molecule has 1 amide bonds. The van der Waals surface area contributed by atoms with E-state index in [0.29, 0.717) is 18.5 Å². The van der Waals surface area contributed by atoms with Crippen LogP contribution in [-0.4, -0.2) is 30.0 Å². The Balaban J connectivity index is 2.03.